The van der Waals surface area contributed by atoms with Crippen molar-refractivity contribution in [3.63, 3.8) is 0 Å². The van der Waals surface area contributed by atoms with Crippen LogP contribution in [0.5, 0.6) is 0 Å². The zero-order chi connectivity index (χ0) is 20.9. The van der Waals surface area contributed by atoms with Crippen LogP contribution in [-0.2, 0) is 30.6 Å². The number of thiazole rings is 1. The number of rotatable bonds is 8. The molecule has 0 spiro atoms. The van der Waals surface area contributed by atoms with Gasteiger partial charge in [-0.1, -0.05) is 13.0 Å². The van der Waals surface area contributed by atoms with E-state index in [0.717, 1.165) is 5.69 Å². The number of amides is 1. The van der Waals surface area contributed by atoms with E-state index in [1.807, 2.05) is 25.1 Å². The maximum absolute atomic E-state index is 12.5. The van der Waals surface area contributed by atoms with Gasteiger partial charge in [-0.25, -0.2) is 13.4 Å². The summed E-state index contributed by atoms with van der Waals surface area (Å²) in [4.78, 5) is 34.8. The molecule has 1 saturated heterocycles. The first-order valence-electron chi connectivity index (χ1n) is 9.39. The largest absolute Gasteiger partial charge is 0.455 e. The predicted molar refractivity (Wildman–Crippen MR) is 109 cm³/mol. The van der Waals surface area contributed by atoms with Crippen molar-refractivity contribution in [2.45, 2.75) is 32.2 Å². The molecule has 1 fully saturated rings. The number of carbonyl (C=O) groups is 2. The summed E-state index contributed by atoms with van der Waals surface area (Å²) in [6.45, 7) is 1.96. The van der Waals surface area contributed by atoms with Crippen molar-refractivity contribution >= 4 is 33.1 Å². The van der Waals surface area contributed by atoms with Gasteiger partial charge in [0.05, 0.1) is 29.3 Å². The molecular weight excluding hydrogens is 414 g/mol. The molecule has 0 saturated carbocycles. The molecule has 0 unspecified atom stereocenters. The average molecular weight is 438 g/mol. The lowest BCUT2D eigenvalue weighted by molar-refractivity contribution is -0.152. The van der Waals surface area contributed by atoms with Gasteiger partial charge in [0, 0.05) is 24.2 Å². The van der Waals surface area contributed by atoms with E-state index in [-0.39, 0.29) is 29.9 Å². The fraction of sp³-hybridized carbons (Fsp3) is 0.474. The summed E-state index contributed by atoms with van der Waals surface area (Å²) < 4.78 is 28.6. The Balaban J connectivity index is 1.53. The van der Waals surface area contributed by atoms with Gasteiger partial charge in [-0.15, -0.1) is 11.3 Å². The summed E-state index contributed by atoms with van der Waals surface area (Å²) in [5.41, 5.74) is 1.29. The number of hydrogen-bond acceptors (Lipinski definition) is 8. The summed E-state index contributed by atoms with van der Waals surface area (Å²) in [5, 5.41) is 2.47. The highest BCUT2D eigenvalue weighted by molar-refractivity contribution is 7.91. The Morgan fingerprint density at radius 2 is 2.17 bits per heavy atom. The highest BCUT2D eigenvalue weighted by atomic mass is 32.2. The molecule has 0 aliphatic carbocycles. The molecule has 3 rings (SSSR count). The first-order chi connectivity index (χ1) is 13.9. The molecule has 1 aliphatic rings. The molecule has 1 atom stereocenters. The van der Waals surface area contributed by atoms with Crippen molar-refractivity contribution in [3.8, 4) is 10.7 Å². The molecule has 1 amide bonds. The van der Waals surface area contributed by atoms with Crippen LogP contribution in [-0.4, -0.2) is 65.9 Å². The smallest absolute Gasteiger partial charge is 0.312 e. The Labute approximate surface area is 173 Å². The van der Waals surface area contributed by atoms with Gasteiger partial charge in [0.25, 0.3) is 5.91 Å². The minimum absolute atomic E-state index is 0.0260. The number of nitrogens with zero attached hydrogens (tertiary/aromatic N) is 3. The van der Waals surface area contributed by atoms with Crippen molar-refractivity contribution in [2.24, 2.45) is 0 Å². The molecule has 156 valence electrons. The molecule has 10 heteroatoms. The molecule has 3 heterocycles. The van der Waals surface area contributed by atoms with Crippen LogP contribution < -0.4 is 0 Å². The third-order valence-electron chi connectivity index (χ3n) is 4.55. The molecule has 0 aromatic carbocycles. The Morgan fingerprint density at radius 1 is 1.34 bits per heavy atom. The number of carbonyl (C=O) groups excluding carboxylic acids is 2. The van der Waals surface area contributed by atoms with Crippen molar-refractivity contribution in [1.29, 1.82) is 0 Å². The topological polar surface area (TPSA) is 107 Å². The fourth-order valence-electron chi connectivity index (χ4n) is 3.19. The van der Waals surface area contributed by atoms with E-state index in [2.05, 4.69) is 9.97 Å². The predicted octanol–water partition coefficient (Wildman–Crippen LogP) is 1.72. The number of hydrogen-bond donors (Lipinski definition) is 0. The van der Waals surface area contributed by atoms with Gasteiger partial charge in [-0.2, -0.15) is 0 Å². The molecule has 2 aromatic heterocycles. The summed E-state index contributed by atoms with van der Waals surface area (Å²) in [6, 6.07) is 5.17. The summed E-state index contributed by atoms with van der Waals surface area (Å²) in [5.74, 6) is -0.851. The number of sulfone groups is 1. The van der Waals surface area contributed by atoms with Crippen LogP contribution in [0.2, 0.25) is 0 Å². The van der Waals surface area contributed by atoms with Gasteiger partial charge in [0.15, 0.2) is 16.4 Å². The Morgan fingerprint density at radius 3 is 2.83 bits per heavy atom. The normalized spacial score (nSPS) is 17.8. The lowest BCUT2D eigenvalue weighted by Crippen LogP contribution is -2.43. The van der Waals surface area contributed by atoms with Crippen LogP contribution in [0, 0.1) is 0 Å². The lowest BCUT2D eigenvalue weighted by Gasteiger charge is -2.27. The van der Waals surface area contributed by atoms with E-state index in [9.17, 15) is 18.0 Å². The second-order valence-electron chi connectivity index (χ2n) is 6.84. The van der Waals surface area contributed by atoms with E-state index >= 15 is 0 Å². The van der Waals surface area contributed by atoms with Crippen LogP contribution in [0.1, 0.15) is 25.5 Å². The van der Waals surface area contributed by atoms with Crippen molar-refractivity contribution < 1.29 is 22.7 Å². The lowest BCUT2D eigenvalue weighted by atomic mass is 10.2. The number of pyridine rings is 1. The van der Waals surface area contributed by atoms with Crippen molar-refractivity contribution in [3.05, 3.63) is 35.5 Å². The average Bonchev–Trinajstić information content (AvgIpc) is 3.31. The first kappa shape index (κ1) is 21.4. The van der Waals surface area contributed by atoms with Gasteiger partial charge in [0.1, 0.15) is 5.01 Å². The zero-order valence-electron chi connectivity index (χ0n) is 16.1. The second kappa shape index (κ2) is 9.45. The number of aromatic nitrogens is 2. The van der Waals surface area contributed by atoms with E-state index in [1.54, 1.807) is 11.6 Å². The SMILES string of the molecule is CCCN(C(=O)COC(=O)Cc1csc(-c2ccccn2)n1)[C@H]1CCS(=O)(=O)C1. The summed E-state index contributed by atoms with van der Waals surface area (Å²) in [6.07, 6.45) is 2.76. The minimum atomic E-state index is -3.10. The Bertz CT molecular complexity index is 959. The van der Waals surface area contributed by atoms with E-state index in [1.165, 1.54) is 16.2 Å². The van der Waals surface area contributed by atoms with Gasteiger partial charge >= 0.3 is 5.97 Å². The van der Waals surface area contributed by atoms with Gasteiger partial charge in [-0.05, 0) is 25.0 Å². The Hall–Kier alpha value is -2.33. The van der Waals surface area contributed by atoms with Gasteiger partial charge in [0.2, 0.25) is 0 Å². The van der Waals surface area contributed by atoms with Crippen molar-refractivity contribution in [2.75, 3.05) is 24.7 Å². The van der Waals surface area contributed by atoms with Crippen LogP contribution >= 0.6 is 11.3 Å². The van der Waals surface area contributed by atoms with Gasteiger partial charge < -0.3 is 9.64 Å². The van der Waals surface area contributed by atoms with E-state index in [0.29, 0.717) is 30.1 Å². The third-order valence-corrected chi connectivity index (χ3v) is 7.22. The third kappa shape index (κ3) is 5.83. The molecule has 1 aliphatic heterocycles. The van der Waals surface area contributed by atoms with Crippen LogP contribution in [0.15, 0.2) is 29.8 Å². The van der Waals surface area contributed by atoms with Crippen LogP contribution in [0.4, 0.5) is 0 Å². The van der Waals surface area contributed by atoms with Crippen molar-refractivity contribution in [1.82, 2.24) is 14.9 Å². The second-order valence-corrected chi connectivity index (χ2v) is 9.93. The standard InChI is InChI=1S/C19H23N3O5S2/c1-2-8-22(15-6-9-29(25,26)13-15)17(23)11-27-18(24)10-14-12-28-19(21-14)16-5-3-4-7-20-16/h3-5,7,12,15H,2,6,8-11,13H2,1H3/t15-/m0/s1. The highest BCUT2D eigenvalue weighted by Crippen LogP contribution is 2.22. The maximum Gasteiger partial charge on any atom is 0.312 e. The zero-order valence-corrected chi connectivity index (χ0v) is 17.7. The molecular formula is C19H23N3O5S2. The molecule has 0 bridgehead atoms. The highest BCUT2D eigenvalue weighted by Gasteiger charge is 2.34. The molecule has 2 aromatic rings. The van der Waals surface area contributed by atoms with Gasteiger partial charge in [-0.3, -0.25) is 14.6 Å². The first-order valence-corrected chi connectivity index (χ1v) is 12.1. The maximum atomic E-state index is 12.5. The van der Waals surface area contributed by atoms with E-state index < -0.39 is 22.4 Å². The number of esters is 1. The van der Waals surface area contributed by atoms with Crippen LogP contribution in [0.25, 0.3) is 10.7 Å². The van der Waals surface area contributed by atoms with E-state index in [4.69, 9.17) is 4.74 Å². The molecule has 8 nitrogen and oxygen atoms in total. The Kier molecular flexibility index (Phi) is 6.96. The summed E-state index contributed by atoms with van der Waals surface area (Å²) >= 11 is 1.38. The molecule has 29 heavy (non-hydrogen) atoms. The summed E-state index contributed by atoms with van der Waals surface area (Å²) in [7, 11) is -3.10. The fourth-order valence-corrected chi connectivity index (χ4v) is 5.72. The minimum Gasteiger partial charge on any atom is -0.455 e. The molecule has 0 N–H and O–H groups in total. The quantitative estimate of drug-likeness (QED) is 0.579. The molecule has 0 radical (unpaired) electrons. The van der Waals surface area contributed by atoms with Crippen LogP contribution in [0.3, 0.4) is 0 Å². The monoisotopic (exact) mass is 437 g/mol. The number of ether oxygens (including phenoxy) is 1.